The monoisotopic (exact) mass is 399 g/mol. The molecule has 3 rings (SSSR count). The second-order valence-electron chi connectivity index (χ2n) is 5.93. The molecular formula is C17H20F3N5O3. The minimum absolute atomic E-state index is 0.0284. The van der Waals surface area contributed by atoms with Gasteiger partial charge in [-0.05, 0) is 13.0 Å². The van der Waals surface area contributed by atoms with Crippen LogP contribution in [0.15, 0.2) is 17.1 Å². The fourth-order valence-corrected chi connectivity index (χ4v) is 2.63. The van der Waals surface area contributed by atoms with Crippen molar-refractivity contribution in [3.63, 3.8) is 0 Å². The van der Waals surface area contributed by atoms with Crippen LogP contribution in [0.3, 0.4) is 0 Å². The molecule has 0 spiro atoms. The molecule has 3 heterocycles. The van der Waals surface area contributed by atoms with Gasteiger partial charge in [-0.3, -0.25) is 9.36 Å². The van der Waals surface area contributed by atoms with Gasteiger partial charge in [-0.1, -0.05) is 5.92 Å². The van der Waals surface area contributed by atoms with E-state index in [9.17, 15) is 18.0 Å². The average Bonchev–Trinajstić information content (AvgIpc) is 3.02. The number of hydrogen-bond donors (Lipinski definition) is 2. The third-order valence-electron chi connectivity index (χ3n) is 4.01. The van der Waals surface area contributed by atoms with E-state index in [1.165, 1.54) is 0 Å². The SMILES string of the molecule is CC#CCn1c(N2CCNCC2)nc2ccn(C)c(=O)c21.O=C(O)C(F)(F)F. The van der Waals surface area contributed by atoms with Crippen molar-refractivity contribution in [2.24, 2.45) is 7.05 Å². The molecule has 0 bridgehead atoms. The first-order valence-corrected chi connectivity index (χ1v) is 8.38. The lowest BCUT2D eigenvalue weighted by molar-refractivity contribution is -0.192. The number of hydrogen-bond acceptors (Lipinski definition) is 5. The number of piperazine rings is 1. The number of aryl methyl sites for hydroxylation is 1. The van der Waals surface area contributed by atoms with Crippen molar-refractivity contribution >= 4 is 23.0 Å². The second kappa shape index (κ2) is 8.79. The lowest BCUT2D eigenvalue weighted by atomic mass is 10.4. The van der Waals surface area contributed by atoms with Gasteiger partial charge >= 0.3 is 12.1 Å². The highest BCUT2D eigenvalue weighted by atomic mass is 19.4. The summed E-state index contributed by atoms with van der Waals surface area (Å²) in [4.78, 5) is 28.2. The van der Waals surface area contributed by atoms with Crippen molar-refractivity contribution in [3.05, 3.63) is 22.6 Å². The molecular weight excluding hydrogens is 379 g/mol. The van der Waals surface area contributed by atoms with Crippen molar-refractivity contribution < 1.29 is 23.1 Å². The number of imidazole rings is 1. The smallest absolute Gasteiger partial charge is 0.475 e. The first kappa shape index (κ1) is 21.3. The van der Waals surface area contributed by atoms with E-state index in [4.69, 9.17) is 9.90 Å². The van der Waals surface area contributed by atoms with E-state index >= 15 is 0 Å². The van der Waals surface area contributed by atoms with Crippen LogP contribution in [0.4, 0.5) is 19.1 Å². The van der Waals surface area contributed by atoms with Gasteiger partial charge in [0.2, 0.25) is 5.95 Å². The number of nitrogens with zero attached hydrogens (tertiary/aromatic N) is 4. The fourth-order valence-electron chi connectivity index (χ4n) is 2.63. The van der Waals surface area contributed by atoms with E-state index in [2.05, 4.69) is 27.0 Å². The van der Waals surface area contributed by atoms with E-state index in [1.807, 2.05) is 17.6 Å². The van der Waals surface area contributed by atoms with Gasteiger partial charge in [-0.2, -0.15) is 13.2 Å². The third kappa shape index (κ3) is 4.83. The van der Waals surface area contributed by atoms with Crippen LogP contribution in [-0.4, -0.2) is 57.5 Å². The summed E-state index contributed by atoms with van der Waals surface area (Å²) >= 11 is 0. The highest BCUT2D eigenvalue weighted by molar-refractivity contribution is 5.78. The summed E-state index contributed by atoms with van der Waals surface area (Å²) in [6.45, 7) is 5.95. The largest absolute Gasteiger partial charge is 0.490 e. The highest BCUT2D eigenvalue weighted by Gasteiger charge is 2.38. The Hall–Kier alpha value is -3.00. The van der Waals surface area contributed by atoms with Gasteiger partial charge < -0.3 is 19.9 Å². The normalized spacial score (nSPS) is 14.1. The Morgan fingerprint density at radius 2 is 1.96 bits per heavy atom. The molecule has 1 fully saturated rings. The quantitative estimate of drug-likeness (QED) is 0.726. The minimum Gasteiger partial charge on any atom is -0.475 e. The molecule has 0 atom stereocenters. The number of aliphatic carboxylic acids is 1. The topological polar surface area (TPSA) is 92.4 Å². The maximum absolute atomic E-state index is 12.4. The molecule has 1 aliphatic heterocycles. The molecule has 1 aliphatic rings. The number of pyridine rings is 1. The Balaban J connectivity index is 0.000000345. The lowest BCUT2D eigenvalue weighted by Gasteiger charge is -2.28. The minimum atomic E-state index is -5.08. The number of fused-ring (bicyclic) bond motifs is 1. The molecule has 0 aliphatic carbocycles. The number of carbonyl (C=O) groups is 1. The van der Waals surface area contributed by atoms with Gasteiger partial charge in [0.05, 0.1) is 12.1 Å². The molecule has 8 nitrogen and oxygen atoms in total. The Bertz CT molecular complexity index is 963. The Morgan fingerprint density at radius 1 is 1.36 bits per heavy atom. The number of nitrogens with one attached hydrogen (secondary N) is 1. The maximum Gasteiger partial charge on any atom is 0.490 e. The first-order chi connectivity index (χ1) is 13.2. The van der Waals surface area contributed by atoms with Crippen LogP contribution in [0.5, 0.6) is 0 Å². The summed E-state index contributed by atoms with van der Waals surface area (Å²) in [6, 6.07) is 1.89. The summed E-state index contributed by atoms with van der Waals surface area (Å²) < 4.78 is 35.3. The van der Waals surface area contributed by atoms with Gasteiger partial charge in [0.25, 0.3) is 5.56 Å². The molecule has 2 aromatic heterocycles. The molecule has 1 saturated heterocycles. The molecule has 0 unspecified atom stereocenters. The number of rotatable bonds is 2. The van der Waals surface area contributed by atoms with Crippen molar-refractivity contribution in [3.8, 4) is 11.8 Å². The summed E-state index contributed by atoms with van der Waals surface area (Å²) in [5.41, 5.74) is 1.35. The molecule has 0 aromatic carbocycles. The molecule has 152 valence electrons. The average molecular weight is 399 g/mol. The standard InChI is InChI=1S/C15H19N5O.C2HF3O2/c1-3-4-8-20-13-12(5-9-18(2)14(13)21)17-15(20)19-10-6-16-7-11-19;3-2(4,5)1(6)7/h5,9,16H,6-8,10-11H2,1-2H3;(H,6,7). The maximum atomic E-state index is 12.4. The first-order valence-electron chi connectivity index (χ1n) is 8.38. The Morgan fingerprint density at radius 3 is 2.50 bits per heavy atom. The molecule has 28 heavy (non-hydrogen) atoms. The van der Waals surface area contributed by atoms with E-state index in [-0.39, 0.29) is 5.56 Å². The highest BCUT2D eigenvalue weighted by Crippen LogP contribution is 2.20. The van der Waals surface area contributed by atoms with Crippen LogP contribution in [0.1, 0.15) is 6.92 Å². The summed E-state index contributed by atoms with van der Waals surface area (Å²) in [5, 5.41) is 10.5. The molecule has 11 heteroatoms. The van der Waals surface area contributed by atoms with Crippen LogP contribution < -0.4 is 15.8 Å². The number of anilines is 1. The van der Waals surface area contributed by atoms with Crippen molar-refractivity contribution in [1.29, 1.82) is 0 Å². The number of halogens is 3. The second-order valence-corrected chi connectivity index (χ2v) is 5.93. The van der Waals surface area contributed by atoms with Crippen LogP contribution >= 0.6 is 0 Å². The zero-order valence-corrected chi connectivity index (χ0v) is 15.4. The number of carboxylic acids is 1. The van der Waals surface area contributed by atoms with Gasteiger partial charge in [0, 0.05) is 39.4 Å². The van der Waals surface area contributed by atoms with Gasteiger partial charge in [0.1, 0.15) is 5.52 Å². The summed E-state index contributed by atoms with van der Waals surface area (Å²) in [6.07, 6.45) is -3.32. The number of carboxylic acid groups (broad SMARTS) is 1. The van der Waals surface area contributed by atoms with Crippen molar-refractivity contribution in [1.82, 2.24) is 19.4 Å². The molecule has 2 N–H and O–H groups in total. The van der Waals surface area contributed by atoms with Crippen LogP contribution in [0.2, 0.25) is 0 Å². The van der Waals surface area contributed by atoms with Crippen LogP contribution in [-0.2, 0) is 18.4 Å². The zero-order valence-electron chi connectivity index (χ0n) is 15.4. The lowest BCUT2D eigenvalue weighted by Crippen LogP contribution is -2.44. The molecule has 0 saturated carbocycles. The van der Waals surface area contributed by atoms with E-state index in [0.717, 1.165) is 37.6 Å². The van der Waals surface area contributed by atoms with E-state index < -0.39 is 12.1 Å². The Kier molecular flexibility index (Phi) is 6.69. The summed E-state index contributed by atoms with van der Waals surface area (Å²) in [7, 11) is 1.76. The van der Waals surface area contributed by atoms with E-state index in [1.54, 1.807) is 17.8 Å². The number of alkyl halides is 3. The van der Waals surface area contributed by atoms with Gasteiger partial charge in [-0.15, -0.1) is 5.92 Å². The van der Waals surface area contributed by atoms with E-state index in [0.29, 0.717) is 12.1 Å². The number of aromatic nitrogens is 3. The fraction of sp³-hybridized carbons (Fsp3) is 0.471. The molecule has 0 radical (unpaired) electrons. The van der Waals surface area contributed by atoms with Crippen LogP contribution in [0, 0.1) is 11.8 Å². The van der Waals surface area contributed by atoms with Crippen molar-refractivity contribution in [2.45, 2.75) is 19.6 Å². The van der Waals surface area contributed by atoms with Gasteiger partial charge in [0.15, 0.2) is 0 Å². The van der Waals surface area contributed by atoms with Crippen molar-refractivity contribution in [2.75, 3.05) is 31.1 Å². The zero-order chi connectivity index (χ0) is 20.9. The predicted molar refractivity (Wildman–Crippen MR) is 97.2 cm³/mol. The predicted octanol–water partition coefficient (Wildman–Crippen LogP) is 0.801. The van der Waals surface area contributed by atoms with Gasteiger partial charge in [-0.25, -0.2) is 9.78 Å². The Labute approximate surface area is 158 Å². The molecule has 2 aromatic rings. The molecule has 0 amide bonds. The van der Waals surface area contributed by atoms with Crippen LogP contribution in [0.25, 0.3) is 11.0 Å². The summed E-state index contributed by atoms with van der Waals surface area (Å²) in [5.74, 6) is 4.04. The third-order valence-corrected chi connectivity index (χ3v) is 4.01.